The topological polar surface area (TPSA) is 64.2 Å². The van der Waals surface area contributed by atoms with Crippen molar-refractivity contribution in [2.24, 2.45) is 5.73 Å². The van der Waals surface area contributed by atoms with Crippen LogP contribution in [0.25, 0.3) is 0 Å². The SMILES string of the molecule is NC(=O)c1c(C(F)(F)F)nn2c1N(Cc1cc(Cl)cc(C(F)(F)F)c1)CC2. The highest BCUT2D eigenvalue weighted by Gasteiger charge is 2.43. The van der Waals surface area contributed by atoms with Crippen molar-refractivity contribution < 1.29 is 31.1 Å². The fraction of sp³-hybridized carbons (Fsp3) is 0.333. The molecule has 1 amide bonds. The molecular formula is C15H11ClF6N4O. The minimum Gasteiger partial charge on any atom is -0.365 e. The third-order valence-corrected chi connectivity index (χ3v) is 4.20. The fourth-order valence-electron chi connectivity index (χ4n) is 2.96. The molecule has 0 saturated heterocycles. The number of aromatic nitrogens is 2. The normalized spacial score (nSPS) is 14.6. The molecule has 0 unspecified atom stereocenters. The molecule has 146 valence electrons. The summed E-state index contributed by atoms with van der Waals surface area (Å²) < 4.78 is 79.1. The van der Waals surface area contributed by atoms with E-state index in [1.54, 1.807) is 0 Å². The van der Waals surface area contributed by atoms with Gasteiger partial charge in [-0.15, -0.1) is 0 Å². The van der Waals surface area contributed by atoms with Gasteiger partial charge in [-0.1, -0.05) is 11.6 Å². The maximum atomic E-state index is 13.1. The molecule has 12 heteroatoms. The Kier molecular flexibility index (Phi) is 4.53. The minimum absolute atomic E-state index is 0.0262. The van der Waals surface area contributed by atoms with Crippen molar-refractivity contribution in [1.29, 1.82) is 0 Å². The number of amides is 1. The molecule has 2 aromatic rings. The van der Waals surface area contributed by atoms with Crippen LogP contribution in [0.2, 0.25) is 5.02 Å². The van der Waals surface area contributed by atoms with Gasteiger partial charge in [-0.25, -0.2) is 4.68 Å². The minimum atomic E-state index is -4.90. The van der Waals surface area contributed by atoms with Crippen molar-refractivity contribution in [3.05, 3.63) is 45.6 Å². The van der Waals surface area contributed by atoms with Gasteiger partial charge < -0.3 is 10.6 Å². The van der Waals surface area contributed by atoms with Crippen LogP contribution in [0.3, 0.4) is 0 Å². The highest BCUT2D eigenvalue weighted by Crippen LogP contribution is 2.39. The van der Waals surface area contributed by atoms with Crippen LogP contribution in [0.5, 0.6) is 0 Å². The zero-order chi connectivity index (χ0) is 20.1. The van der Waals surface area contributed by atoms with Crippen molar-refractivity contribution >= 4 is 23.3 Å². The first-order valence-electron chi connectivity index (χ1n) is 7.47. The first-order chi connectivity index (χ1) is 12.4. The summed E-state index contributed by atoms with van der Waals surface area (Å²) in [6.45, 7) is -0.0279. The Morgan fingerprint density at radius 1 is 1.11 bits per heavy atom. The van der Waals surface area contributed by atoms with Gasteiger partial charge in [0.05, 0.1) is 12.1 Å². The summed E-state index contributed by atoms with van der Waals surface area (Å²) in [5.74, 6) is -1.50. The van der Waals surface area contributed by atoms with Crippen molar-refractivity contribution in [3.8, 4) is 0 Å². The average molecular weight is 413 g/mol. The van der Waals surface area contributed by atoms with Gasteiger partial charge in [-0.3, -0.25) is 4.79 Å². The number of anilines is 1. The molecule has 5 nitrogen and oxygen atoms in total. The number of hydrogen-bond acceptors (Lipinski definition) is 3. The van der Waals surface area contributed by atoms with Crippen molar-refractivity contribution in [3.63, 3.8) is 0 Å². The number of carbonyl (C=O) groups is 1. The molecule has 1 aromatic carbocycles. The van der Waals surface area contributed by atoms with Gasteiger partial charge in [0.1, 0.15) is 11.4 Å². The Balaban J connectivity index is 2.01. The number of nitrogens with zero attached hydrogens (tertiary/aromatic N) is 3. The third kappa shape index (κ3) is 3.68. The summed E-state index contributed by atoms with van der Waals surface area (Å²) in [7, 11) is 0. The first-order valence-corrected chi connectivity index (χ1v) is 7.85. The van der Waals surface area contributed by atoms with Gasteiger partial charge in [0, 0.05) is 18.1 Å². The maximum Gasteiger partial charge on any atom is 0.436 e. The summed E-state index contributed by atoms with van der Waals surface area (Å²) in [4.78, 5) is 12.9. The third-order valence-electron chi connectivity index (χ3n) is 3.98. The van der Waals surface area contributed by atoms with Gasteiger partial charge in [0.15, 0.2) is 5.69 Å². The maximum absolute atomic E-state index is 13.1. The Hall–Kier alpha value is -2.43. The van der Waals surface area contributed by atoms with Crippen LogP contribution in [0.1, 0.15) is 27.2 Å². The fourth-order valence-corrected chi connectivity index (χ4v) is 3.21. The molecule has 0 radical (unpaired) electrons. The number of benzene rings is 1. The molecule has 2 N–H and O–H groups in total. The molecule has 0 saturated carbocycles. The molecule has 1 aliphatic heterocycles. The molecule has 0 bridgehead atoms. The Bertz CT molecular complexity index is 905. The zero-order valence-electron chi connectivity index (χ0n) is 13.3. The van der Waals surface area contributed by atoms with Crippen LogP contribution in [-0.4, -0.2) is 22.2 Å². The number of rotatable bonds is 3. The van der Waals surface area contributed by atoms with Gasteiger partial charge in [0.25, 0.3) is 5.91 Å². The van der Waals surface area contributed by atoms with Gasteiger partial charge in [-0.05, 0) is 23.8 Å². The second-order valence-corrected chi connectivity index (χ2v) is 6.34. The van der Waals surface area contributed by atoms with Crippen LogP contribution >= 0.6 is 11.6 Å². The molecule has 0 fully saturated rings. The van der Waals surface area contributed by atoms with Gasteiger partial charge in [0.2, 0.25) is 0 Å². The predicted octanol–water partition coefficient (Wildman–Crippen LogP) is 3.69. The average Bonchev–Trinajstić information content (AvgIpc) is 3.05. The van der Waals surface area contributed by atoms with Crippen LogP contribution < -0.4 is 10.6 Å². The smallest absolute Gasteiger partial charge is 0.365 e. The van der Waals surface area contributed by atoms with E-state index in [0.29, 0.717) is 0 Å². The molecular weight excluding hydrogens is 402 g/mol. The van der Waals surface area contributed by atoms with E-state index in [0.717, 1.165) is 16.8 Å². The standard InChI is InChI=1S/C15H11ClF6N4O/c16-9-4-7(3-8(5-9)14(17,18)19)6-25-1-2-26-13(25)10(12(23)27)11(24-26)15(20,21)22/h3-5H,1-2,6H2,(H2,23,27). The number of halogens is 7. The summed E-state index contributed by atoms with van der Waals surface area (Å²) in [6, 6.07) is 2.86. The van der Waals surface area contributed by atoms with Crippen molar-refractivity contribution in [2.75, 3.05) is 11.4 Å². The number of alkyl halides is 6. The Morgan fingerprint density at radius 2 is 1.78 bits per heavy atom. The number of hydrogen-bond donors (Lipinski definition) is 1. The van der Waals surface area contributed by atoms with E-state index in [1.165, 1.54) is 11.0 Å². The second kappa shape index (κ2) is 6.32. The van der Waals surface area contributed by atoms with E-state index in [-0.39, 0.29) is 36.0 Å². The quantitative estimate of drug-likeness (QED) is 0.782. The molecule has 2 heterocycles. The summed E-state index contributed by atoms with van der Waals surface area (Å²) >= 11 is 5.73. The lowest BCUT2D eigenvalue weighted by atomic mass is 10.1. The van der Waals surface area contributed by atoms with Crippen LogP contribution in [0, 0.1) is 0 Å². The summed E-state index contributed by atoms with van der Waals surface area (Å²) in [6.07, 6.45) is -9.53. The lowest BCUT2D eigenvalue weighted by Gasteiger charge is -2.20. The van der Waals surface area contributed by atoms with E-state index in [4.69, 9.17) is 17.3 Å². The number of carbonyl (C=O) groups excluding carboxylic acids is 1. The van der Waals surface area contributed by atoms with Crippen LogP contribution in [0.4, 0.5) is 32.2 Å². The summed E-state index contributed by atoms with van der Waals surface area (Å²) in [5, 5.41) is 3.22. The molecule has 0 atom stereocenters. The number of fused-ring (bicyclic) bond motifs is 1. The number of primary amides is 1. The Morgan fingerprint density at radius 3 is 2.33 bits per heavy atom. The lowest BCUT2D eigenvalue weighted by Crippen LogP contribution is -2.25. The van der Waals surface area contributed by atoms with Crippen LogP contribution in [0.15, 0.2) is 18.2 Å². The molecule has 1 aromatic heterocycles. The van der Waals surface area contributed by atoms with E-state index >= 15 is 0 Å². The Labute approximate surface area is 153 Å². The second-order valence-electron chi connectivity index (χ2n) is 5.90. The molecule has 1 aliphatic rings. The zero-order valence-corrected chi connectivity index (χ0v) is 14.1. The van der Waals surface area contributed by atoms with E-state index in [2.05, 4.69) is 5.10 Å². The van der Waals surface area contributed by atoms with Gasteiger partial charge in [-0.2, -0.15) is 31.4 Å². The van der Waals surface area contributed by atoms with E-state index in [1.807, 2.05) is 0 Å². The van der Waals surface area contributed by atoms with Crippen LogP contribution in [-0.2, 0) is 25.4 Å². The van der Waals surface area contributed by atoms with Crippen molar-refractivity contribution in [2.45, 2.75) is 25.4 Å². The molecule has 3 rings (SSSR count). The molecule has 0 spiro atoms. The van der Waals surface area contributed by atoms with E-state index < -0.39 is 35.1 Å². The largest absolute Gasteiger partial charge is 0.436 e. The molecule has 0 aliphatic carbocycles. The molecule has 27 heavy (non-hydrogen) atoms. The lowest BCUT2D eigenvalue weighted by molar-refractivity contribution is -0.142. The first kappa shape index (κ1) is 19.3. The van der Waals surface area contributed by atoms with Gasteiger partial charge >= 0.3 is 12.4 Å². The highest BCUT2D eigenvalue weighted by atomic mass is 35.5. The highest BCUT2D eigenvalue weighted by molar-refractivity contribution is 6.30. The number of nitrogens with two attached hydrogens (primary N) is 1. The van der Waals surface area contributed by atoms with E-state index in [9.17, 15) is 31.1 Å². The summed E-state index contributed by atoms with van der Waals surface area (Å²) in [5.41, 5.74) is 2.01. The predicted molar refractivity (Wildman–Crippen MR) is 83.3 cm³/mol. The van der Waals surface area contributed by atoms with Crippen molar-refractivity contribution in [1.82, 2.24) is 9.78 Å². The monoisotopic (exact) mass is 412 g/mol.